The second-order valence-corrected chi connectivity index (χ2v) is 4.11. The van der Waals surface area contributed by atoms with Gasteiger partial charge in [-0.05, 0) is 5.56 Å². The van der Waals surface area contributed by atoms with E-state index in [0.29, 0.717) is 0 Å². The molecule has 90 valence electrons. The molecule has 2 unspecified atom stereocenters. The Kier molecular flexibility index (Phi) is 7.26. The van der Waals surface area contributed by atoms with Crippen molar-refractivity contribution in [2.75, 3.05) is 20.4 Å². The number of hydrogen-bond acceptors (Lipinski definition) is 3. The summed E-state index contributed by atoms with van der Waals surface area (Å²) in [6.07, 6.45) is -0.453. The van der Waals surface area contributed by atoms with E-state index in [0.717, 1.165) is 6.54 Å². The first-order valence-electron chi connectivity index (χ1n) is 5.09. The van der Waals surface area contributed by atoms with Gasteiger partial charge < -0.3 is 9.26 Å². The number of hydrogen-bond donors (Lipinski definition) is 1. The Labute approximate surface area is 97.3 Å². The van der Waals surface area contributed by atoms with Gasteiger partial charge in [-0.15, -0.1) is 0 Å². The number of alkyl halides is 1. The lowest BCUT2D eigenvalue weighted by Gasteiger charge is -2.11. The lowest BCUT2D eigenvalue weighted by atomic mass is 10.2. The number of methoxy groups -OCH3 is 1. The van der Waals surface area contributed by atoms with Crippen LogP contribution in [0, 0.1) is 0 Å². The molecule has 0 radical (unpaired) electrons. The SMILES string of the molecule is COC(CF)COPNCc1ccccc1. The molecule has 0 saturated heterocycles. The van der Waals surface area contributed by atoms with Crippen molar-refractivity contribution in [1.82, 2.24) is 5.09 Å². The first kappa shape index (κ1) is 13.5. The second kappa shape index (κ2) is 8.59. The fourth-order valence-corrected chi connectivity index (χ4v) is 1.74. The topological polar surface area (TPSA) is 30.5 Å². The summed E-state index contributed by atoms with van der Waals surface area (Å²) in [6, 6.07) is 10.0. The van der Waals surface area contributed by atoms with Gasteiger partial charge in [-0.2, -0.15) is 0 Å². The zero-order valence-corrected chi connectivity index (χ0v) is 10.3. The maximum Gasteiger partial charge on any atom is 0.118 e. The van der Waals surface area contributed by atoms with Crippen molar-refractivity contribution in [3.8, 4) is 0 Å². The van der Waals surface area contributed by atoms with Gasteiger partial charge in [0.2, 0.25) is 0 Å². The normalized spacial score (nSPS) is 13.4. The van der Waals surface area contributed by atoms with Gasteiger partial charge in [0.1, 0.15) is 12.8 Å². The first-order valence-corrected chi connectivity index (χ1v) is 6.00. The van der Waals surface area contributed by atoms with E-state index < -0.39 is 12.8 Å². The van der Waals surface area contributed by atoms with Crippen LogP contribution in [0.5, 0.6) is 0 Å². The van der Waals surface area contributed by atoms with Crippen LogP contribution in [0.3, 0.4) is 0 Å². The molecule has 0 aliphatic rings. The van der Waals surface area contributed by atoms with Crippen molar-refractivity contribution in [1.29, 1.82) is 0 Å². The number of rotatable bonds is 8. The summed E-state index contributed by atoms with van der Waals surface area (Å²) in [5.41, 5.74) is 1.20. The average Bonchev–Trinajstić information content (AvgIpc) is 2.35. The molecule has 0 spiro atoms. The molecule has 0 amide bonds. The molecular weight excluding hydrogens is 228 g/mol. The third-order valence-electron chi connectivity index (χ3n) is 2.05. The van der Waals surface area contributed by atoms with E-state index in [1.165, 1.54) is 12.7 Å². The van der Waals surface area contributed by atoms with Crippen LogP contribution < -0.4 is 5.09 Å². The molecule has 1 rings (SSSR count). The largest absolute Gasteiger partial charge is 0.376 e. The number of halogens is 1. The first-order chi connectivity index (χ1) is 7.86. The summed E-state index contributed by atoms with van der Waals surface area (Å²) in [5.74, 6) is 0. The monoisotopic (exact) mass is 245 g/mol. The maximum atomic E-state index is 12.2. The molecule has 2 atom stereocenters. The minimum atomic E-state index is -0.514. The molecular formula is C11H17FNO2P. The van der Waals surface area contributed by atoms with E-state index in [1.54, 1.807) is 0 Å². The summed E-state index contributed by atoms with van der Waals surface area (Å²) >= 11 is 0. The van der Waals surface area contributed by atoms with Gasteiger partial charge in [0.15, 0.2) is 0 Å². The molecule has 1 aromatic carbocycles. The molecule has 1 N–H and O–H groups in total. The zero-order valence-electron chi connectivity index (χ0n) is 9.28. The van der Waals surface area contributed by atoms with E-state index in [2.05, 4.69) is 5.09 Å². The van der Waals surface area contributed by atoms with Crippen molar-refractivity contribution < 1.29 is 13.7 Å². The lowest BCUT2D eigenvalue weighted by Crippen LogP contribution is -2.19. The fourth-order valence-electron chi connectivity index (χ4n) is 1.10. The predicted octanol–water partition coefficient (Wildman–Crippen LogP) is 2.29. The second-order valence-electron chi connectivity index (χ2n) is 3.26. The van der Waals surface area contributed by atoms with Crippen LogP contribution in [0.2, 0.25) is 0 Å². The molecule has 0 heterocycles. The Balaban J connectivity index is 2.04. The molecule has 3 nitrogen and oxygen atoms in total. The predicted molar refractivity (Wildman–Crippen MR) is 64.3 cm³/mol. The smallest absolute Gasteiger partial charge is 0.118 e. The standard InChI is InChI=1S/C11H17FNO2P/c1-14-11(7-12)9-15-16-13-8-10-5-3-2-4-6-10/h2-6,11,13,16H,7-9H2,1H3. The van der Waals surface area contributed by atoms with E-state index in [9.17, 15) is 4.39 Å². The van der Waals surface area contributed by atoms with Gasteiger partial charge in [-0.25, -0.2) is 4.39 Å². The highest BCUT2D eigenvalue weighted by atomic mass is 31.1. The summed E-state index contributed by atoms with van der Waals surface area (Å²) in [6.45, 7) is 0.527. The highest BCUT2D eigenvalue weighted by Crippen LogP contribution is 2.09. The Morgan fingerprint density at radius 2 is 2.12 bits per heavy atom. The third kappa shape index (κ3) is 5.52. The Bertz CT molecular complexity index is 270. The van der Waals surface area contributed by atoms with E-state index >= 15 is 0 Å². The molecule has 5 heteroatoms. The van der Waals surface area contributed by atoms with Crippen molar-refractivity contribution in [3.05, 3.63) is 35.9 Å². The van der Waals surface area contributed by atoms with Crippen LogP contribution in [0.1, 0.15) is 5.56 Å². The Hall–Kier alpha value is -0.540. The highest BCUT2D eigenvalue weighted by molar-refractivity contribution is 7.29. The van der Waals surface area contributed by atoms with Crippen molar-refractivity contribution in [2.45, 2.75) is 12.6 Å². The van der Waals surface area contributed by atoms with Gasteiger partial charge >= 0.3 is 0 Å². The van der Waals surface area contributed by atoms with Gasteiger partial charge in [0, 0.05) is 13.7 Å². The molecule has 1 aromatic rings. The maximum absolute atomic E-state index is 12.2. The van der Waals surface area contributed by atoms with Crippen molar-refractivity contribution >= 4 is 8.96 Å². The van der Waals surface area contributed by atoms with Gasteiger partial charge in [-0.1, -0.05) is 30.3 Å². The fraction of sp³-hybridized carbons (Fsp3) is 0.455. The highest BCUT2D eigenvalue weighted by Gasteiger charge is 2.05. The minimum Gasteiger partial charge on any atom is -0.376 e. The van der Waals surface area contributed by atoms with Crippen molar-refractivity contribution in [3.63, 3.8) is 0 Å². The number of benzene rings is 1. The molecule has 0 fully saturated rings. The van der Waals surface area contributed by atoms with E-state index in [4.69, 9.17) is 9.26 Å². The van der Waals surface area contributed by atoms with Crippen molar-refractivity contribution in [2.24, 2.45) is 0 Å². The quantitative estimate of drug-likeness (QED) is 0.563. The van der Waals surface area contributed by atoms with Crippen LogP contribution in [-0.4, -0.2) is 26.5 Å². The van der Waals surface area contributed by atoms with Crippen LogP contribution in [-0.2, 0) is 15.8 Å². The Morgan fingerprint density at radius 1 is 1.38 bits per heavy atom. The molecule has 0 aliphatic carbocycles. The number of nitrogens with one attached hydrogen (secondary N) is 1. The third-order valence-corrected chi connectivity index (χ3v) is 2.69. The molecule has 0 bridgehead atoms. The van der Waals surface area contributed by atoms with Gasteiger partial charge in [0.05, 0.1) is 15.6 Å². The molecule has 16 heavy (non-hydrogen) atoms. The molecule has 0 aromatic heterocycles. The zero-order chi connectivity index (χ0) is 11.6. The van der Waals surface area contributed by atoms with E-state index in [1.807, 2.05) is 30.3 Å². The van der Waals surface area contributed by atoms with Crippen LogP contribution in [0.25, 0.3) is 0 Å². The summed E-state index contributed by atoms with van der Waals surface area (Å²) < 4.78 is 22.3. The lowest BCUT2D eigenvalue weighted by molar-refractivity contribution is 0.0444. The number of ether oxygens (including phenoxy) is 1. The van der Waals surface area contributed by atoms with Crippen LogP contribution in [0.15, 0.2) is 30.3 Å². The van der Waals surface area contributed by atoms with Gasteiger partial charge in [-0.3, -0.25) is 5.09 Å². The van der Waals surface area contributed by atoms with Crippen LogP contribution in [0.4, 0.5) is 4.39 Å². The minimum absolute atomic E-state index is 0.160. The summed E-state index contributed by atoms with van der Waals surface area (Å²) in [5, 5.41) is 3.13. The molecule has 0 saturated carbocycles. The summed E-state index contributed by atoms with van der Waals surface area (Å²) in [7, 11) is 1.64. The average molecular weight is 245 g/mol. The van der Waals surface area contributed by atoms with Crippen LogP contribution >= 0.6 is 8.96 Å². The van der Waals surface area contributed by atoms with Gasteiger partial charge in [0.25, 0.3) is 0 Å². The summed E-state index contributed by atoms with van der Waals surface area (Å²) in [4.78, 5) is 0. The Morgan fingerprint density at radius 3 is 2.75 bits per heavy atom. The van der Waals surface area contributed by atoms with E-state index in [-0.39, 0.29) is 15.6 Å². The molecule has 0 aliphatic heterocycles.